The largest absolute Gasteiger partial charge is 0.355 e. The number of nitrogens with two attached hydrogens (primary N) is 1. The fourth-order valence-electron chi connectivity index (χ4n) is 2.01. The van der Waals surface area contributed by atoms with Crippen molar-refractivity contribution in [3.63, 3.8) is 0 Å². The van der Waals surface area contributed by atoms with Gasteiger partial charge in [-0.25, -0.2) is 0 Å². The van der Waals surface area contributed by atoms with E-state index in [9.17, 15) is 4.79 Å². The molecule has 3 N–H and O–H groups in total. The number of nitrogens with one attached hydrogen (secondary N) is 1. The Bertz CT molecular complexity index is 565. The Labute approximate surface area is 113 Å². The number of carbonyl (C=O) groups excluding carboxylic acids is 1. The highest BCUT2D eigenvalue weighted by atomic mass is 16.1. The van der Waals surface area contributed by atoms with E-state index in [1.807, 2.05) is 19.1 Å². The molecule has 3 nitrogen and oxygen atoms in total. The minimum Gasteiger partial charge on any atom is -0.355 e. The van der Waals surface area contributed by atoms with Crippen LogP contribution in [0.4, 0.5) is 0 Å². The second-order valence-corrected chi connectivity index (χ2v) is 4.86. The summed E-state index contributed by atoms with van der Waals surface area (Å²) < 4.78 is 0. The predicted molar refractivity (Wildman–Crippen MR) is 78.9 cm³/mol. The number of amides is 1. The molecule has 19 heavy (non-hydrogen) atoms. The van der Waals surface area contributed by atoms with Gasteiger partial charge in [-0.15, -0.1) is 0 Å². The van der Waals surface area contributed by atoms with Crippen LogP contribution in [-0.4, -0.2) is 19.0 Å². The van der Waals surface area contributed by atoms with Crippen molar-refractivity contribution in [2.45, 2.75) is 13.3 Å². The van der Waals surface area contributed by atoms with E-state index >= 15 is 0 Å². The van der Waals surface area contributed by atoms with Gasteiger partial charge >= 0.3 is 0 Å². The lowest BCUT2D eigenvalue weighted by Gasteiger charge is -2.10. The molecule has 0 fully saturated rings. The van der Waals surface area contributed by atoms with Crippen molar-refractivity contribution < 1.29 is 4.79 Å². The molecule has 2 aromatic rings. The Hall–Kier alpha value is -1.87. The van der Waals surface area contributed by atoms with Crippen LogP contribution >= 0.6 is 0 Å². The average molecular weight is 256 g/mol. The number of rotatable bonds is 5. The van der Waals surface area contributed by atoms with Crippen LogP contribution in [0.5, 0.6) is 0 Å². The molecule has 0 aromatic heterocycles. The number of benzene rings is 2. The van der Waals surface area contributed by atoms with Crippen LogP contribution in [0.15, 0.2) is 42.5 Å². The van der Waals surface area contributed by atoms with Gasteiger partial charge in [0.15, 0.2) is 0 Å². The summed E-state index contributed by atoms with van der Waals surface area (Å²) in [4.78, 5) is 11.6. The summed E-state index contributed by atoms with van der Waals surface area (Å²) in [6.45, 7) is 2.88. The Balaban J connectivity index is 1.93. The first-order valence-electron chi connectivity index (χ1n) is 6.66. The summed E-state index contributed by atoms with van der Waals surface area (Å²) in [7, 11) is 0. The van der Waals surface area contributed by atoms with E-state index in [4.69, 9.17) is 5.73 Å². The quantitative estimate of drug-likeness (QED) is 0.860. The Morgan fingerprint density at radius 1 is 1.21 bits per heavy atom. The lowest BCUT2D eigenvalue weighted by atomic mass is 10.1. The van der Waals surface area contributed by atoms with Crippen LogP contribution in [0.2, 0.25) is 0 Å². The van der Waals surface area contributed by atoms with Crippen molar-refractivity contribution >= 4 is 16.7 Å². The van der Waals surface area contributed by atoms with Gasteiger partial charge in [0, 0.05) is 19.0 Å². The normalized spacial score (nSPS) is 12.3. The minimum atomic E-state index is -0.114. The molecule has 0 saturated heterocycles. The molecule has 0 aliphatic heterocycles. The molecule has 100 valence electrons. The molecule has 0 aliphatic rings. The molecule has 0 spiro atoms. The third kappa shape index (κ3) is 3.55. The number of hydrogen-bond acceptors (Lipinski definition) is 2. The van der Waals surface area contributed by atoms with Crippen LogP contribution in [0.3, 0.4) is 0 Å². The number of hydrogen-bond donors (Lipinski definition) is 2. The molecule has 0 saturated carbocycles. The van der Waals surface area contributed by atoms with Crippen LogP contribution in [0.25, 0.3) is 10.8 Å². The van der Waals surface area contributed by atoms with Gasteiger partial charge in [-0.3, -0.25) is 4.79 Å². The van der Waals surface area contributed by atoms with Gasteiger partial charge in [-0.05, 0) is 22.8 Å². The summed E-state index contributed by atoms with van der Waals surface area (Å²) in [5.74, 6) is -0.0834. The van der Waals surface area contributed by atoms with E-state index in [1.165, 1.54) is 16.3 Å². The molecule has 1 atom stereocenters. The predicted octanol–water partition coefficient (Wildman–Crippen LogP) is 2.09. The highest BCUT2D eigenvalue weighted by molar-refractivity contribution is 5.83. The lowest BCUT2D eigenvalue weighted by Crippen LogP contribution is -2.34. The van der Waals surface area contributed by atoms with E-state index in [0.717, 1.165) is 6.42 Å². The zero-order valence-corrected chi connectivity index (χ0v) is 11.2. The minimum absolute atomic E-state index is 0.0308. The average Bonchev–Trinajstić information content (AvgIpc) is 2.46. The summed E-state index contributed by atoms with van der Waals surface area (Å²) in [6, 6.07) is 14.7. The summed E-state index contributed by atoms with van der Waals surface area (Å²) in [5, 5.41) is 5.39. The molecular weight excluding hydrogens is 236 g/mol. The second kappa shape index (κ2) is 6.34. The Kier molecular flexibility index (Phi) is 4.53. The first kappa shape index (κ1) is 13.6. The molecular formula is C16H20N2O. The lowest BCUT2D eigenvalue weighted by molar-refractivity contribution is -0.124. The van der Waals surface area contributed by atoms with Gasteiger partial charge in [0.1, 0.15) is 0 Å². The molecule has 0 aliphatic carbocycles. The van der Waals surface area contributed by atoms with Crippen molar-refractivity contribution in [2.75, 3.05) is 13.1 Å². The summed E-state index contributed by atoms with van der Waals surface area (Å²) >= 11 is 0. The van der Waals surface area contributed by atoms with Crippen molar-refractivity contribution in [1.29, 1.82) is 0 Å². The summed E-state index contributed by atoms with van der Waals surface area (Å²) in [6.07, 6.45) is 0.841. The maximum absolute atomic E-state index is 11.6. The van der Waals surface area contributed by atoms with Crippen molar-refractivity contribution in [2.24, 2.45) is 11.7 Å². The van der Waals surface area contributed by atoms with Gasteiger partial charge in [-0.2, -0.15) is 0 Å². The van der Waals surface area contributed by atoms with Gasteiger partial charge in [0.2, 0.25) is 5.91 Å². The van der Waals surface area contributed by atoms with Gasteiger partial charge < -0.3 is 11.1 Å². The fraction of sp³-hybridized carbons (Fsp3) is 0.312. The SMILES string of the molecule is CC(CN)C(=O)NCCc1ccc2ccccc2c1. The van der Waals surface area contributed by atoms with Crippen LogP contribution < -0.4 is 11.1 Å². The van der Waals surface area contributed by atoms with Crippen molar-refractivity contribution in [1.82, 2.24) is 5.32 Å². The zero-order chi connectivity index (χ0) is 13.7. The molecule has 0 bridgehead atoms. The van der Waals surface area contributed by atoms with Gasteiger partial charge in [-0.1, -0.05) is 49.4 Å². The van der Waals surface area contributed by atoms with E-state index in [1.54, 1.807) is 0 Å². The third-order valence-corrected chi connectivity index (χ3v) is 3.33. The molecule has 1 unspecified atom stereocenters. The Morgan fingerprint density at radius 2 is 1.95 bits per heavy atom. The monoisotopic (exact) mass is 256 g/mol. The number of fused-ring (bicyclic) bond motifs is 1. The van der Waals surface area contributed by atoms with Crippen LogP contribution in [-0.2, 0) is 11.2 Å². The molecule has 1 amide bonds. The first-order chi connectivity index (χ1) is 9.20. The first-order valence-corrected chi connectivity index (χ1v) is 6.66. The molecule has 0 heterocycles. The molecule has 0 radical (unpaired) electrons. The molecule has 3 heteroatoms. The smallest absolute Gasteiger partial charge is 0.224 e. The van der Waals surface area contributed by atoms with E-state index in [0.29, 0.717) is 13.1 Å². The molecule has 2 aromatic carbocycles. The highest BCUT2D eigenvalue weighted by Gasteiger charge is 2.09. The maximum Gasteiger partial charge on any atom is 0.224 e. The highest BCUT2D eigenvalue weighted by Crippen LogP contribution is 2.15. The number of carbonyl (C=O) groups is 1. The fourth-order valence-corrected chi connectivity index (χ4v) is 2.01. The maximum atomic E-state index is 11.6. The van der Waals surface area contributed by atoms with E-state index in [-0.39, 0.29) is 11.8 Å². The second-order valence-electron chi connectivity index (χ2n) is 4.86. The topological polar surface area (TPSA) is 55.1 Å². The van der Waals surface area contributed by atoms with E-state index in [2.05, 4.69) is 35.6 Å². The van der Waals surface area contributed by atoms with Gasteiger partial charge in [0.05, 0.1) is 0 Å². The van der Waals surface area contributed by atoms with E-state index < -0.39 is 0 Å². The zero-order valence-electron chi connectivity index (χ0n) is 11.2. The van der Waals surface area contributed by atoms with Gasteiger partial charge in [0.25, 0.3) is 0 Å². The van der Waals surface area contributed by atoms with Crippen molar-refractivity contribution in [3.05, 3.63) is 48.0 Å². The standard InChI is InChI=1S/C16H20N2O/c1-12(11-17)16(19)18-9-8-13-6-7-14-4-2-3-5-15(14)10-13/h2-7,10,12H,8-9,11,17H2,1H3,(H,18,19). The third-order valence-electron chi connectivity index (χ3n) is 3.33. The molecule has 2 rings (SSSR count). The Morgan fingerprint density at radius 3 is 2.68 bits per heavy atom. The van der Waals surface area contributed by atoms with Crippen molar-refractivity contribution in [3.8, 4) is 0 Å². The van der Waals surface area contributed by atoms with Crippen LogP contribution in [0, 0.1) is 5.92 Å². The van der Waals surface area contributed by atoms with Crippen LogP contribution in [0.1, 0.15) is 12.5 Å². The summed E-state index contributed by atoms with van der Waals surface area (Å²) in [5.41, 5.74) is 6.69.